The fraction of sp³-hybridized carbons (Fsp3) is 0.250. The lowest BCUT2D eigenvalue weighted by atomic mass is 10.1. The highest BCUT2D eigenvalue weighted by Crippen LogP contribution is 2.17. The van der Waals surface area contributed by atoms with Crippen molar-refractivity contribution in [2.45, 2.75) is 12.6 Å². The molecule has 1 fully saturated rings. The summed E-state index contributed by atoms with van der Waals surface area (Å²) in [5.74, 6) is -0.685. The van der Waals surface area contributed by atoms with E-state index in [1.807, 2.05) is 30.3 Å². The molecule has 24 heavy (non-hydrogen) atoms. The molecule has 124 valence electrons. The molecule has 1 atom stereocenters. The van der Waals surface area contributed by atoms with Crippen molar-refractivity contribution in [1.29, 1.82) is 0 Å². The van der Waals surface area contributed by atoms with Crippen LogP contribution in [0.1, 0.15) is 11.6 Å². The third-order valence-electron chi connectivity index (χ3n) is 3.61. The van der Waals surface area contributed by atoms with Crippen molar-refractivity contribution in [2.24, 2.45) is 0 Å². The molecule has 3 rings (SSSR count). The van der Waals surface area contributed by atoms with E-state index >= 15 is 0 Å². The van der Waals surface area contributed by atoms with Gasteiger partial charge in [0, 0.05) is 12.4 Å². The number of hydrogen-bond donors (Lipinski definition) is 1. The molecule has 0 saturated carbocycles. The van der Waals surface area contributed by atoms with Crippen LogP contribution in [0.4, 0.5) is 4.79 Å². The Hall–Kier alpha value is -3.16. The zero-order chi connectivity index (χ0) is 16.9. The summed E-state index contributed by atoms with van der Waals surface area (Å²) in [5, 5.41) is 6.82. The van der Waals surface area contributed by atoms with Crippen molar-refractivity contribution in [1.82, 2.24) is 20.0 Å². The van der Waals surface area contributed by atoms with E-state index in [1.165, 1.54) is 4.68 Å². The van der Waals surface area contributed by atoms with Gasteiger partial charge in [-0.25, -0.2) is 9.69 Å². The van der Waals surface area contributed by atoms with Gasteiger partial charge in [0.25, 0.3) is 5.91 Å². The number of carbonyl (C=O) groups is 3. The van der Waals surface area contributed by atoms with Gasteiger partial charge in [0.15, 0.2) is 6.61 Å². The largest absolute Gasteiger partial charge is 0.439 e. The number of cyclic esters (lactones) is 1. The van der Waals surface area contributed by atoms with Crippen LogP contribution >= 0.6 is 0 Å². The van der Waals surface area contributed by atoms with Crippen LogP contribution < -0.4 is 5.32 Å². The predicted octanol–water partition coefficient (Wildman–Crippen LogP) is 0.719. The van der Waals surface area contributed by atoms with Crippen LogP contribution in [-0.4, -0.2) is 45.7 Å². The van der Waals surface area contributed by atoms with E-state index in [2.05, 4.69) is 10.4 Å². The minimum absolute atomic E-state index is 0.0204. The first-order valence-corrected chi connectivity index (χ1v) is 7.42. The smallest absolute Gasteiger partial charge is 0.417 e. The average molecular weight is 328 g/mol. The topological polar surface area (TPSA) is 93.5 Å². The molecule has 2 heterocycles. The van der Waals surface area contributed by atoms with Crippen LogP contribution in [0.5, 0.6) is 0 Å². The van der Waals surface area contributed by atoms with Crippen LogP contribution in [0.3, 0.4) is 0 Å². The lowest BCUT2D eigenvalue weighted by molar-refractivity contribution is -0.127. The van der Waals surface area contributed by atoms with Gasteiger partial charge in [0.1, 0.15) is 6.54 Å². The van der Waals surface area contributed by atoms with Gasteiger partial charge in [-0.1, -0.05) is 30.3 Å². The highest BCUT2D eigenvalue weighted by Gasteiger charge is 2.33. The van der Waals surface area contributed by atoms with Crippen LogP contribution in [0.25, 0.3) is 0 Å². The maximum atomic E-state index is 12.2. The lowest BCUT2D eigenvalue weighted by Gasteiger charge is -2.22. The number of amides is 3. The van der Waals surface area contributed by atoms with Gasteiger partial charge in [-0.2, -0.15) is 5.10 Å². The third-order valence-corrected chi connectivity index (χ3v) is 3.61. The Labute approximate surface area is 138 Å². The average Bonchev–Trinajstić information content (AvgIpc) is 3.20. The molecule has 1 aromatic heterocycles. The van der Waals surface area contributed by atoms with Crippen molar-refractivity contribution < 1.29 is 19.1 Å². The van der Waals surface area contributed by atoms with Crippen molar-refractivity contribution in [3.8, 4) is 0 Å². The highest BCUT2D eigenvalue weighted by molar-refractivity contribution is 5.97. The molecule has 1 unspecified atom stereocenters. The Morgan fingerprint density at radius 2 is 2.04 bits per heavy atom. The number of nitrogens with zero attached hydrogens (tertiary/aromatic N) is 3. The summed E-state index contributed by atoms with van der Waals surface area (Å²) in [6, 6.07) is 10.3. The highest BCUT2D eigenvalue weighted by atomic mass is 16.6. The fourth-order valence-corrected chi connectivity index (χ4v) is 2.44. The minimum atomic E-state index is -0.692. The standard InChI is InChI=1S/C16H16N4O4/c21-14(10-19-8-4-7-17-19)18-13(12-5-2-1-3-6-12)9-20-15(22)11-24-16(20)23/h1-8,13H,9-11H2,(H,18,21). The molecule has 1 aliphatic heterocycles. The van der Waals surface area contributed by atoms with Crippen molar-refractivity contribution in [3.05, 3.63) is 54.4 Å². The quantitative estimate of drug-likeness (QED) is 0.843. The van der Waals surface area contributed by atoms with Gasteiger partial charge in [-0.3, -0.25) is 14.3 Å². The number of aromatic nitrogens is 2. The lowest BCUT2D eigenvalue weighted by Crippen LogP contribution is -2.41. The van der Waals surface area contributed by atoms with E-state index in [4.69, 9.17) is 4.74 Å². The van der Waals surface area contributed by atoms with Crippen molar-refractivity contribution >= 4 is 17.9 Å². The molecule has 1 aliphatic rings. The van der Waals surface area contributed by atoms with E-state index in [0.717, 1.165) is 10.5 Å². The van der Waals surface area contributed by atoms with Gasteiger partial charge in [0.2, 0.25) is 5.91 Å². The Balaban J connectivity index is 1.73. The number of carbonyl (C=O) groups excluding carboxylic acids is 3. The molecular weight excluding hydrogens is 312 g/mol. The zero-order valence-electron chi connectivity index (χ0n) is 12.8. The normalized spacial score (nSPS) is 15.2. The monoisotopic (exact) mass is 328 g/mol. The van der Waals surface area contributed by atoms with E-state index in [9.17, 15) is 14.4 Å². The first-order valence-electron chi connectivity index (χ1n) is 7.42. The molecule has 3 amide bonds. The molecule has 1 saturated heterocycles. The maximum Gasteiger partial charge on any atom is 0.417 e. The van der Waals surface area contributed by atoms with Gasteiger partial charge in [-0.15, -0.1) is 0 Å². The summed E-state index contributed by atoms with van der Waals surface area (Å²) in [6.07, 6.45) is 2.57. The van der Waals surface area contributed by atoms with Crippen LogP contribution in [0, 0.1) is 0 Å². The summed E-state index contributed by atoms with van der Waals surface area (Å²) in [5.41, 5.74) is 0.791. The maximum absolute atomic E-state index is 12.2. The summed E-state index contributed by atoms with van der Waals surface area (Å²) < 4.78 is 6.21. The van der Waals surface area contributed by atoms with E-state index < -0.39 is 18.0 Å². The number of rotatable bonds is 6. The molecule has 1 N–H and O–H groups in total. The van der Waals surface area contributed by atoms with Crippen LogP contribution in [0.15, 0.2) is 48.8 Å². The summed E-state index contributed by atoms with van der Waals surface area (Å²) >= 11 is 0. The van der Waals surface area contributed by atoms with Crippen molar-refractivity contribution in [3.63, 3.8) is 0 Å². The molecule has 0 radical (unpaired) electrons. The molecule has 1 aromatic carbocycles. The Kier molecular flexibility index (Phi) is 4.55. The molecule has 0 bridgehead atoms. The van der Waals surface area contributed by atoms with Gasteiger partial charge in [-0.05, 0) is 11.6 Å². The molecule has 0 spiro atoms. The zero-order valence-corrected chi connectivity index (χ0v) is 12.8. The summed E-state index contributed by atoms with van der Waals surface area (Å²) in [6.45, 7) is -0.192. The minimum Gasteiger partial charge on any atom is -0.439 e. The van der Waals surface area contributed by atoms with Gasteiger partial charge in [0.05, 0.1) is 12.6 Å². The molecule has 8 nitrogen and oxygen atoms in total. The Morgan fingerprint density at radius 1 is 1.25 bits per heavy atom. The number of hydrogen-bond acceptors (Lipinski definition) is 5. The number of benzene rings is 1. The van der Waals surface area contributed by atoms with E-state index in [-0.39, 0.29) is 25.6 Å². The Bertz CT molecular complexity index is 714. The molecule has 8 heteroatoms. The van der Waals surface area contributed by atoms with Crippen LogP contribution in [-0.2, 0) is 20.9 Å². The molecule has 0 aliphatic carbocycles. The molecule has 2 aromatic rings. The summed E-state index contributed by atoms with van der Waals surface area (Å²) in [4.78, 5) is 36.6. The van der Waals surface area contributed by atoms with Gasteiger partial charge >= 0.3 is 6.09 Å². The third kappa shape index (κ3) is 3.60. The van der Waals surface area contributed by atoms with Gasteiger partial charge < -0.3 is 10.1 Å². The van der Waals surface area contributed by atoms with E-state index in [1.54, 1.807) is 18.5 Å². The fourth-order valence-electron chi connectivity index (χ4n) is 2.44. The second-order valence-electron chi connectivity index (χ2n) is 5.29. The first kappa shape index (κ1) is 15.7. The Morgan fingerprint density at radius 3 is 2.67 bits per heavy atom. The molecular formula is C16H16N4O4. The number of nitrogens with one attached hydrogen (secondary N) is 1. The second-order valence-corrected chi connectivity index (χ2v) is 5.29. The summed E-state index contributed by atoms with van der Waals surface area (Å²) in [7, 11) is 0. The SMILES string of the molecule is O=C(Cn1cccn1)NC(CN1C(=O)COC1=O)c1ccccc1. The van der Waals surface area contributed by atoms with Crippen molar-refractivity contribution in [2.75, 3.05) is 13.2 Å². The predicted molar refractivity (Wildman–Crippen MR) is 82.6 cm³/mol. The van der Waals surface area contributed by atoms with Crippen LogP contribution in [0.2, 0.25) is 0 Å². The first-order chi connectivity index (χ1) is 11.6. The number of imide groups is 1. The van der Waals surface area contributed by atoms with E-state index in [0.29, 0.717) is 0 Å². The second kappa shape index (κ2) is 6.95. The number of ether oxygens (including phenoxy) is 1.